The van der Waals surface area contributed by atoms with Crippen LogP contribution in [0.15, 0.2) is 6.20 Å². The first kappa shape index (κ1) is 17.2. The summed E-state index contributed by atoms with van der Waals surface area (Å²) in [6.45, 7) is 5.67. The number of hydrogen-bond donors (Lipinski definition) is 1. The SMILES string of the molecule is CCCN(CC(=O)NC)Cc1c(C(=O)OCC)cnn1C. The van der Waals surface area contributed by atoms with E-state index in [9.17, 15) is 9.59 Å². The third-order valence-electron chi connectivity index (χ3n) is 3.12. The molecule has 1 heterocycles. The highest BCUT2D eigenvalue weighted by Crippen LogP contribution is 2.12. The van der Waals surface area contributed by atoms with Crippen LogP contribution < -0.4 is 5.32 Å². The minimum atomic E-state index is -0.378. The summed E-state index contributed by atoms with van der Waals surface area (Å²) in [7, 11) is 3.39. The summed E-state index contributed by atoms with van der Waals surface area (Å²) in [5.41, 5.74) is 1.21. The van der Waals surface area contributed by atoms with Crippen molar-refractivity contribution in [1.29, 1.82) is 0 Å². The Morgan fingerprint density at radius 2 is 2.14 bits per heavy atom. The molecule has 7 heteroatoms. The van der Waals surface area contributed by atoms with Crippen molar-refractivity contribution in [2.24, 2.45) is 7.05 Å². The van der Waals surface area contributed by atoms with Crippen LogP contribution in [0.2, 0.25) is 0 Å². The molecule has 7 nitrogen and oxygen atoms in total. The van der Waals surface area contributed by atoms with Crippen molar-refractivity contribution in [3.05, 3.63) is 17.5 Å². The monoisotopic (exact) mass is 296 g/mol. The Balaban J connectivity index is 2.89. The van der Waals surface area contributed by atoms with Gasteiger partial charge in [-0.05, 0) is 19.9 Å². The Morgan fingerprint density at radius 3 is 2.71 bits per heavy atom. The van der Waals surface area contributed by atoms with E-state index in [1.165, 1.54) is 6.20 Å². The predicted molar refractivity (Wildman–Crippen MR) is 78.8 cm³/mol. The molecule has 118 valence electrons. The van der Waals surface area contributed by atoms with Crippen LogP contribution in [0.25, 0.3) is 0 Å². The summed E-state index contributed by atoms with van der Waals surface area (Å²) in [6.07, 6.45) is 2.43. The second-order valence-electron chi connectivity index (χ2n) is 4.73. The number of nitrogens with one attached hydrogen (secondary N) is 1. The maximum Gasteiger partial charge on any atom is 0.341 e. The Hall–Kier alpha value is -1.89. The zero-order valence-electron chi connectivity index (χ0n) is 13.2. The Morgan fingerprint density at radius 1 is 1.43 bits per heavy atom. The second kappa shape index (κ2) is 8.41. The summed E-state index contributed by atoms with van der Waals surface area (Å²) in [6, 6.07) is 0. The van der Waals surface area contributed by atoms with Crippen molar-refractivity contribution < 1.29 is 14.3 Å². The number of aryl methyl sites for hydroxylation is 1. The number of nitrogens with zero attached hydrogens (tertiary/aromatic N) is 3. The first-order valence-corrected chi connectivity index (χ1v) is 7.14. The summed E-state index contributed by atoms with van der Waals surface area (Å²) in [5, 5.41) is 6.73. The Kier molecular flexibility index (Phi) is 6.87. The Bertz CT molecular complexity index is 485. The van der Waals surface area contributed by atoms with Crippen molar-refractivity contribution >= 4 is 11.9 Å². The molecule has 0 saturated carbocycles. The molecule has 0 radical (unpaired) electrons. The van der Waals surface area contributed by atoms with Crippen molar-refractivity contribution in [2.45, 2.75) is 26.8 Å². The highest BCUT2D eigenvalue weighted by Gasteiger charge is 2.20. The van der Waals surface area contributed by atoms with Crippen LogP contribution in [0.5, 0.6) is 0 Å². The number of esters is 1. The van der Waals surface area contributed by atoms with E-state index in [1.54, 1.807) is 25.7 Å². The number of hydrogen-bond acceptors (Lipinski definition) is 5. The molecule has 0 aliphatic heterocycles. The van der Waals surface area contributed by atoms with Gasteiger partial charge in [0.1, 0.15) is 5.56 Å². The molecule has 0 saturated heterocycles. The molecule has 0 aromatic carbocycles. The lowest BCUT2D eigenvalue weighted by Crippen LogP contribution is -2.36. The lowest BCUT2D eigenvalue weighted by molar-refractivity contribution is -0.121. The fraction of sp³-hybridized carbons (Fsp3) is 0.643. The lowest BCUT2D eigenvalue weighted by atomic mass is 10.2. The van der Waals surface area contributed by atoms with E-state index in [0.29, 0.717) is 18.7 Å². The number of likely N-dealkylation sites (N-methyl/N-ethyl adjacent to an activating group) is 1. The number of ether oxygens (including phenoxy) is 1. The zero-order valence-corrected chi connectivity index (χ0v) is 13.2. The van der Waals surface area contributed by atoms with Crippen molar-refractivity contribution in [3.63, 3.8) is 0 Å². The molecule has 0 atom stereocenters. The van der Waals surface area contributed by atoms with Crippen LogP contribution >= 0.6 is 0 Å². The summed E-state index contributed by atoms with van der Waals surface area (Å²) < 4.78 is 6.69. The average molecular weight is 296 g/mol. The molecule has 0 aliphatic rings. The van der Waals surface area contributed by atoms with E-state index in [2.05, 4.69) is 10.4 Å². The van der Waals surface area contributed by atoms with Gasteiger partial charge in [0.05, 0.1) is 25.0 Å². The minimum Gasteiger partial charge on any atom is -0.462 e. The quantitative estimate of drug-likeness (QED) is 0.709. The zero-order chi connectivity index (χ0) is 15.8. The molecule has 0 bridgehead atoms. The maximum atomic E-state index is 11.9. The topological polar surface area (TPSA) is 76.5 Å². The van der Waals surface area contributed by atoms with Gasteiger partial charge in [-0.25, -0.2) is 4.79 Å². The van der Waals surface area contributed by atoms with Gasteiger partial charge in [-0.1, -0.05) is 6.92 Å². The molecule has 21 heavy (non-hydrogen) atoms. The van der Waals surface area contributed by atoms with Gasteiger partial charge in [0.15, 0.2) is 0 Å². The number of carbonyl (C=O) groups excluding carboxylic acids is 2. The standard InChI is InChI=1S/C14H24N4O3/c1-5-7-18(10-13(19)15-3)9-12-11(8-16-17(12)4)14(20)21-6-2/h8H,5-7,9-10H2,1-4H3,(H,15,19). The first-order valence-electron chi connectivity index (χ1n) is 7.14. The smallest absolute Gasteiger partial charge is 0.341 e. The fourth-order valence-corrected chi connectivity index (χ4v) is 2.05. The highest BCUT2D eigenvalue weighted by molar-refractivity contribution is 5.90. The average Bonchev–Trinajstić information content (AvgIpc) is 2.80. The van der Waals surface area contributed by atoms with Crippen LogP contribution in [-0.2, 0) is 23.1 Å². The molecule has 1 rings (SSSR count). The van der Waals surface area contributed by atoms with Crippen molar-refractivity contribution in [3.8, 4) is 0 Å². The molecule has 1 N–H and O–H groups in total. The molecule has 1 aromatic heterocycles. The normalized spacial score (nSPS) is 10.7. The number of aromatic nitrogens is 2. The largest absolute Gasteiger partial charge is 0.462 e. The highest BCUT2D eigenvalue weighted by atomic mass is 16.5. The van der Waals surface area contributed by atoms with E-state index in [4.69, 9.17) is 4.74 Å². The van der Waals surface area contributed by atoms with Gasteiger partial charge in [-0.2, -0.15) is 5.10 Å². The molecule has 1 aromatic rings. The minimum absolute atomic E-state index is 0.0525. The summed E-state index contributed by atoms with van der Waals surface area (Å²) in [5.74, 6) is -0.430. The first-order chi connectivity index (χ1) is 10.0. The van der Waals surface area contributed by atoms with Gasteiger partial charge < -0.3 is 10.1 Å². The molecular weight excluding hydrogens is 272 g/mol. The van der Waals surface area contributed by atoms with Crippen LogP contribution in [0.4, 0.5) is 0 Å². The van der Waals surface area contributed by atoms with Gasteiger partial charge >= 0.3 is 5.97 Å². The fourth-order valence-electron chi connectivity index (χ4n) is 2.05. The van der Waals surface area contributed by atoms with Crippen LogP contribution in [0, 0.1) is 0 Å². The van der Waals surface area contributed by atoms with Gasteiger partial charge in [0.2, 0.25) is 5.91 Å². The molecule has 0 spiro atoms. The third-order valence-corrected chi connectivity index (χ3v) is 3.12. The van der Waals surface area contributed by atoms with Crippen LogP contribution in [0.3, 0.4) is 0 Å². The molecule has 0 aliphatic carbocycles. The molecule has 0 fully saturated rings. The number of amides is 1. The third kappa shape index (κ3) is 4.86. The Labute approximate surface area is 125 Å². The summed E-state index contributed by atoms with van der Waals surface area (Å²) in [4.78, 5) is 25.5. The van der Waals surface area contributed by atoms with E-state index < -0.39 is 0 Å². The van der Waals surface area contributed by atoms with E-state index in [-0.39, 0.29) is 18.4 Å². The second-order valence-corrected chi connectivity index (χ2v) is 4.73. The van der Waals surface area contributed by atoms with E-state index >= 15 is 0 Å². The van der Waals surface area contributed by atoms with E-state index in [0.717, 1.165) is 18.7 Å². The van der Waals surface area contributed by atoms with Crippen LogP contribution in [-0.4, -0.2) is 53.3 Å². The molecule has 0 unspecified atom stereocenters. The summed E-state index contributed by atoms with van der Waals surface area (Å²) >= 11 is 0. The van der Waals surface area contributed by atoms with Crippen LogP contribution in [0.1, 0.15) is 36.3 Å². The number of carbonyl (C=O) groups is 2. The number of rotatable bonds is 8. The van der Waals surface area contributed by atoms with Gasteiger partial charge in [-0.3, -0.25) is 14.4 Å². The van der Waals surface area contributed by atoms with E-state index in [1.807, 2.05) is 11.8 Å². The molecule has 1 amide bonds. The van der Waals surface area contributed by atoms with Crippen molar-refractivity contribution in [1.82, 2.24) is 20.0 Å². The van der Waals surface area contributed by atoms with Gasteiger partial charge in [0, 0.05) is 20.6 Å². The predicted octanol–water partition coefficient (Wildman–Crippen LogP) is 0.555. The van der Waals surface area contributed by atoms with Gasteiger partial charge in [0.25, 0.3) is 0 Å². The van der Waals surface area contributed by atoms with Gasteiger partial charge in [-0.15, -0.1) is 0 Å². The van der Waals surface area contributed by atoms with Crippen molar-refractivity contribution in [2.75, 3.05) is 26.7 Å². The lowest BCUT2D eigenvalue weighted by Gasteiger charge is -2.21. The maximum absolute atomic E-state index is 11.9. The molecular formula is C14H24N4O3.